The van der Waals surface area contributed by atoms with Gasteiger partial charge in [0.25, 0.3) is 5.91 Å². The van der Waals surface area contributed by atoms with Gasteiger partial charge in [-0.15, -0.1) is 11.3 Å². The number of nitrogens with zero attached hydrogens (tertiary/aromatic N) is 1. The second-order valence-corrected chi connectivity index (χ2v) is 9.20. The number of thiophene rings is 1. The van der Waals surface area contributed by atoms with Crippen molar-refractivity contribution in [3.05, 3.63) is 75.5 Å². The number of fused-ring (bicyclic) bond motifs is 1. The average Bonchev–Trinajstić information content (AvgIpc) is 3.32. The van der Waals surface area contributed by atoms with Crippen LogP contribution in [0, 0.1) is 6.92 Å². The van der Waals surface area contributed by atoms with Gasteiger partial charge in [0.2, 0.25) is 5.91 Å². The van der Waals surface area contributed by atoms with E-state index in [1.165, 1.54) is 10.4 Å². The van der Waals surface area contributed by atoms with Gasteiger partial charge < -0.3 is 19.7 Å². The van der Waals surface area contributed by atoms with Crippen molar-refractivity contribution in [2.75, 3.05) is 25.1 Å². The topological polar surface area (TPSA) is 67.9 Å². The fourth-order valence-electron chi connectivity index (χ4n) is 4.07. The number of hydrogen-bond acceptors (Lipinski definition) is 5. The van der Waals surface area contributed by atoms with Crippen LogP contribution in [0.4, 0.5) is 5.69 Å². The summed E-state index contributed by atoms with van der Waals surface area (Å²) in [6.45, 7) is 6.15. The lowest BCUT2D eigenvalue weighted by molar-refractivity contribution is -0.116. The highest BCUT2D eigenvalue weighted by Gasteiger charge is 2.24. The molecule has 1 aliphatic rings. The van der Waals surface area contributed by atoms with Crippen LogP contribution in [0.5, 0.6) is 11.5 Å². The molecule has 0 spiro atoms. The van der Waals surface area contributed by atoms with Crippen molar-refractivity contribution >= 4 is 28.8 Å². The average molecular weight is 479 g/mol. The molecule has 2 heterocycles. The molecule has 0 fully saturated rings. The van der Waals surface area contributed by atoms with Gasteiger partial charge in [0.05, 0.1) is 13.2 Å². The third-order valence-electron chi connectivity index (χ3n) is 5.89. The van der Waals surface area contributed by atoms with Gasteiger partial charge >= 0.3 is 0 Å². The molecule has 2 aromatic carbocycles. The maximum absolute atomic E-state index is 13.2. The SMILES string of the molecule is CCOc1ccccc1OCCCC(=O)Nc1cccc(C(=O)N2CCc3sccc3C2)c1C. The minimum Gasteiger partial charge on any atom is -0.490 e. The van der Waals surface area contributed by atoms with Crippen LogP contribution in [0.3, 0.4) is 0 Å². The fourth-order valence-corrected chi connectivity index (χ4v) is 4.96. The lowest BCUT2D eigenvalue weighted by Crippen LogP contribution is -2.35. The van der Waals surface area contributed by atoms with Crippen molar-refractivity contribution in [1.29, 1.82) is 0 Å². The largest absolute Gasteiger partial charge is 0.490 e. The number of rotatable bonds is 9. The van der Waals surface area contributed by atoms with Crippen molar-refractivity contribution in [1.82, 2.24) is 4.90 Å². The van der Waals surface area contributed by atoms with Crippen molar-refractivity contribution in [3.8, 4) is 11.5 Å². The van der Waals surface area contributed by atoms with Crippen molar-refractivity contribution in [2.45, 2.75) is 39.7 Å². The number of para-hydroxylation sites is 2. The van der Waals surface area contributed by atoms with Crippen LogP contribution in [0.2, 0.25) is 0 Å². The van der Waals surface area contributed by atoms with Crippen LogP contribution < -0.4 is 14.8 Å². The van der Waals surface area contributed by atoms with E-state index in [9.17, 15) is 9.59 Å². The highest BCUT2D eigenvalue weighted by atomic mass is 32.1. The summed E-state index contributed by atoms with van der Waals surface area (Å²) in [6.07, 6.45) is 1.79. The van der Waals surface area contributed by atoms with Gasteiger partial charge in [-0.05, 0) is 73.5 Å². The Morgan fingerprint density at radius 1 is 1.06 bits per heavy atom. The molecule has 0 radical (unpaired) electrons. The van der Waals surface area contributed by atoms with E-state index in [-0.39, 0.29) is 11.8 Å². The van der Waals surface area contributed by atoms with E-state index >= 15 is 0 Å². The molecular formula is C27H30N2O4S. The van der Waals surface area contributed by atoms with E-state index in [2.05, 4.69) is 16.8 Å². The molecule has 0 saturated heterocycles. The number of benzene rings is 2. The summed E-state index contributed by atoms with van der Waals surface area (Å²) < 4.78 is 11.4. The molecule has 7 heteroatoms. The van der Waals surface area contributed by atoms with Crippen LogP contribution in [-0.4, -0.2) is 36.5 Å². The van der Waals surface area contributed by atoms with Crippen LogP contribution in [0.15, 0.2) is 53.9 Å². The predicted molar refractivity (Wildman–Crippen MR) is 135 cm³/mol. The Morgan fingerprint density at radius 2 is 1.85 bits per heavy atom. The fraction of sp³-hybridized carbons (Fsp3) is 0.333. The van der Waals surface area contributed by atoms with Gasteiger partial charge in [0.1, 0.15) is 0 Å². The molecular weight excluding hydrogens is 448 g/mol. The summed E-state index contributed by atoms with van der Waals surface area (Å²) in [6, 6.07) is 15.1. The number of ether oxygens (including phenoxy) is 2. The highest BCUT2D eigenvalue weighted by molar-refractivity contribution is 7.10. The second-order valence-electron chi connectivity index (χ2n) is 8.20. The van der Waals surface area contributed by atoms with Gasteiger partial charge in [0.15, 0.2) is 11.5 Å². The number of hydrogen-bond donors (Lipinski definition) is 1. The van der Waals surface area contributed by atoms with Crippen molar-refractivity contribution in [2.24, 2.45) is 0 Å². The van der Waals surface area contributed by atoms with Gasteiger partial charge in [-0.1, -0.05) is 18.2 Å². The molecule has 1 N–H and O–H groups in total. The zero-order valence-electron chi connectivity index (χ0n) is 19.6. The first-order chi connectivity index (χ1) is 16.6. The molecule has 178 valence electrons. The molecule has 2 amide bonds. The summed E-state index contributed by atoms with van der Waals surface area (Å²) in [4.78, 5) is 29.0. The molecule has 0 unspecified atom stereocenters. The summed E-state index contributed by atoms with van der Waals surface area (Å²) in [7, 11) is 0. The van der Waals surface area contributed by atoms with Crippen LogP contribution in [-0.2, 0) is 17.8 Å². The summed E-state index contributed by atoms with van der Waals surface area (Å²) in [5.41, 5.74) is 3.33. The lowest BCUT2D eigenvalue weighted by atomic mass is 10.0. The Morgan fingerprint density at radius 3 is 2.65 bits per heavy atom. The number of anilines is 1. The predicted octanol–water partition coefficient (Wildman–Crippen LogP) is 5.45. The molecule has 6 nitrogen and oxygen atoms in total. The zero-order valence-corrected chi connectivity index (χ0v) is 20.5. The first-order valence-corrected chi connectivity index (χ1v) is 12.5. The molecule has 0 bridgehead atoms. The summed E-state index contributed by atoms with van der Waals surface area (Å²) in [5.74, 6) is 1.29. The Hall–Kier alpha value is -3.32. The van der Waals surface area contributed by atoms with Crippen LogP contribution >= 0.6 is 11.3 Å². The zero-order chi connectivity index (χ0) is 23.9. The Bertz CT molecular complexity index is 1160. The quantitative estimate of drug-likeness (QED) is 0.415. The minimum atomic E-state index is -0.102. The van der Waals surface area contributed by atoms with E-state index in [0.29, 0.717) is 55.4 Å². The highest BCUT2D eigenvalue weighted by Crippen LogP contribution is 2.28. The summed E-state index contributed by atoms with van der Waals surface area (Å²) >= 11 is 1.76. The van der Waals surface area contributed by atoms with Gasteiger partial charge in [-0.3, -0.25) is 9.59 Å². The van der Waals surface area contributed by atoms with E-state index in [4.69, 9.17) is 9.47 Å². The number of nitrogens with one attached hydrogen (secondary N) is 1. The first-order valence-electron chi connectivity index (χ1n) is 11.7. The van der Waals surface area contributed by atoms with Gasteiger partial charge in [-0.2, -0.15) is 0 Å². The molecule has 34 heavy (non-hydrogen) atoms. The maximum atomic E-state index is 13.2. The Labute approximate surface area is 204 Å². The summed E-state index contributed by atoms with van der Waals surface area (Å²) in [5, 5.41) is 5.05. The molecule has 1 aliphatic heterocycles. The number of carbonyl (C=O) groups excluding carboxylic acids is 2. The minimum absolute atomic E-state index is 0.00631. The lowest BCUT2D eigenvalue weighted by Gasteiger charge is -2.28. The molecule has 0 aliphatic carbocycles. The van der Waals surface area contributed by atoms with Crippen molar-refractivity contribution in [3.63, 3.8) is 0 Å². The van der Waals surface area contributed by atoms with Gasteiger partial charge in [0, 0.05) is 35.6 Å². The molecule has 0 saturated carbocycles. The third-order valence-corrected chi connectivity index (χ3v) is 6.91. The first kappa shape index (κ1) is 23.8. The van der Waals surface area contributed by atoms with Gasteiger partial charge in [-0.25, -0.2) is 0 Å². The van der Waals surface area contributed by atoms with Crippen molar-refractivity contribution < 1.29 is 19.1 Å². The Balaban J connectivity index is 1.31. The number of amides is 2. The van der Waals surface area contributed by atoms with E-state index in [0.717, 1.165) is 18.5 Å². The molecule has 0 atom stereocenters. The normalized spacial score (nSPS) is 12.7. The molecule has 1 aromatic heterocycles. The smallest absolute Gasteiger partial charge is 0.254 e. The van der Waals surface area contributed by atoms with E-state index in [1.54, 1.807) is 11.3 Å². The third kappa shape index (κ3) is 5.59. The van der Waals surface area contributed by atoms with E-state index < -0.39 is 0 Å². The molecule has 4 rings (SSSR count). The van der Waals surface area contributed by atoms with E-state index in [1.807, 2.05) is 61.2 Å². The maximum Gasteiger partial charge on any atom is 0.254 e. The second kappa shape index (κ2) is 11.2. The Kier molecular flexibility index (Phi) is 7.85. The van der Waals surface area contributed by atoms with Crippen LogP contribution in [0.25, 0.3) is 0 Å². The van der Waals surface area contributed by atoms with Crippen LogP contribution in [0.1, 0.15) is 46.1 Å². The standard InChI is InChI=1S/C27H30N2O4S/c1-3-32-23-10-4-5-11-24(23)33-16-7-12-26(30)28-22-9-6-8-21(19(22)2)27(31)29-15-13-25-20(18-29)14-17-34-25/h4-6,8-11,14,17H,3,7,12-13,15-16,18H2,1-2H3,(H,28,30). The monoisotopic (exact) mass is 478 g/mol. The molecule has 3 aromatic rings. The number of carbonyl (C=O) groups is 2.